The van der Waals surface area contributed by atoms with Crippen LogP contribution in [0, 0.1) is 13.8 Å². The Labute approximate surface area is 116 Å². The molecule has 2 rings (SSSR count). The van der Waals surface area contributed by atoms with E-state index in [2.05, 4.69) is 5.32 Å². The number of carboxylic acid groups (broad SMARTS) is 1. The highest BCUT2D eigenvalue weighted by Crippen LogP contribution is 2.23. The van der Waals surface area contributed by atoms with Gasteiger partial charge in [-0.25, -0.2) is 4.79 Å². The van der Waals surface area contributed by atoms with E-state index in [0.29, 0.717) is 5.56 Å². The van der Waals surface area contributed by atoms with Gasteiger partial charge >= 0.3 is 12.0 Å². The summed E-state index contributed by atoms with van der Waals surface area (Å²) in [6.07, 6.45) is -0.251. The minimum absolute atomic E-state index is 0.110. The van der Waals surface area contributed by atoms with Crippen molar-refractivity contribution in [2.24, 2.45) is 0 Å². The molecule has 1 aromatic carbocycles. The first-order valence-electron chi connectivity index (χ1n) is 6.31. The van der Waals surface area contributed by atoms with Gasteiger partial charge in [-0.1, -0.05) is 18.2 Å². The summed E-state index contributed by atoms with van der Waals surface area (Å²) in [5, 5.41) is 11.2. The molecule has 0 spiro atoms. The fourth-order valence-corrected chi connectivity index (χ4v) is 2.11. The summed E-state index contributed by atoms with van der Waals surface area (Å²) in [7, 11) is 0. The van der Waals surface area contributed by atoms with Crippen LogP contribution in [0.4, 0.5) is 4.79 Å². The van der Waals surface area contributed by atoms with Crippen molar-refractivity contribution in [2.45, 2.75) is 26.3 Å². The lowest BCUT2D eigenvalue weighted by Gasteiger charge is -2.12. The lowest BCUT2D eigenvalue weighted by Crippen LogP contribution is -2.32. The largest absolute Gasteiger partial charge is 0.481 e. The van der Waals surface area contributed by atoms with E-state index in [1.165, 1.54) is 0 Å². The fourth-order valence-electron chi connectivity index (χ4n) is 2.11. The van der Waals surface area contributed by atoms with E-state index in [1.54, 1.807) is 6.07 Å². The van der Waals surface area contributed by atoms with Crippen LogP contribution in [0.3, 0.4) is 0 Å². The molecule has 2 N–H and O–H groups in total. The highest BCUT2D eigenvalue weighted by Gasteiger charge is 2.38. The Hall–Kier alpha value is -2.37. The molecule has 106 valence electrons. The van der Waals surface area contributed by atoms with Crippen LogP contribution in [0.15, 0.2) is 18.2 Å². The van der Waals surface area contributed by atoms with Gasteiger partial charge in [-0.05, 0) is 30.5 Å². The number of carboxylic acids is 1. The average molecular weight is 276 g/mol. The number of carbonyl (C=O) groups is 3. The van der Waals surface area contributed by atoms with Crippen molar-refractivity contribution in [3.8, 4) is 0 Å². The van der Waals surface area contributed by atoms with E-state index in [4.69, 9.17) is 5.11 Å². The zero-order chi connectivity index (χ0) is 14.9. The predicted molar refractivity (Wildman–Crippen MR) is 71.2 cm³/mol. The maximum Gasteiger partial charge on any atom is 0.325 e. The molecule has 1 heterocycles. The van der Waals surface area contributed by atoms with Crippen molar-refractivity contribution in [1.82, 2.24) is 10.2 Å². The molecular formula is C14H16N2O4. The van der Waals surface area contributed by atoms with Gasteiger partial charge in [-0.15, -0.1) is 0 Å². The molecule has 1 atom stereocenters. The number of hydrogen-bond donors (Lipinski definition) is 2. The van der Waals surface area contributed by atoms with Crippen molar-refractivity contribution in [1.29, 1.82) is 0 Å². The van der Waals surface area contributed by atoms with Gasteiger partial charge in [0.2, 0.25) is 0 Å². The molecule has 1 saturated heterocycles. The SMILES string of the molecule is Cc1ccc(C2NC(=O)N(CCC(=O)O)C2=O)cc1C. The Morgan fingerprint density at radius 3 is 2.60 bits per heavy atom. The van der Waals surface area contributed by atoms with E-state index in [-0.39, 0.29) is 13.0 Å². The summed E-state index contributed by atoms with van der Waals surface area (Å²) < 4.78 is 0. The molecule has 0 radical (unpaired) electrons. The normalized spacial score (nSPS) is 18.3. The summed E-state index contributed by atoms with van der Waals surface area (Å²) in [5.41, 5.74) is 2.85. The van der Waals surface area contributed by atoms with Crippen molar-refractivity contribution in [3.05, 3.63) is 34.9 Å². The number of nitrogens with zero attached hydrogens (tertiary/aromatic N) is 1. The standard InChI is InChI=1S/C14H16N2O4/c1-8-3-4-10(7-9(8)2)12-13(19)16(14(20)15-12)6-5-11(17)18/h3-4,7,12H,5-6H2,1-2H3,(H,15,20)(H,17,18). The zero-order valence-electron chi connectivity index (χ0n) is 11.3. The third-order valence-corrected chi connectivity index (χ3v) is 3.44. The van der Waals surface area contributed by atoms with Crippen LogP contribution >= 0.6 is 0 Å². The molecule has 0 aliphatic carbocycles. The number of amides is 3. The average Bonchev–Trinajstić information content (AvgIpc) is 2.66. The molecular weight excluding hydrogens is 260 g/mol. The number of nitrogens with one attached hydrogen (secondary N) is 1. The van der Waals surface area contributed by atoms with Crippen LogP contribution in [0.25, 0.3) is 0 Å². The molecule has 1 aliphatic rings. The number of hydrogen-bond acceptors (Lipinski definition) is 3. The molecule has 1 aromatic rings. The molecule has 3 amide bonds. The third-order valence-electron chi connectivity index (χ3n) is 3.44. The first-order valence-corrected chi connectivity index (χ1v) is 6.31. The summed E-state index contributed by atoms with van der Waals surface area (Å²) in [6.45, 7) is 3.79. The van der Waals surface area contributed by atoms with E-state index in [0.717, 1.165) is 16.0 Å². The Kier molecular flexibility index (Phi) is 3.74. The van der Waals surface area contributed by atoms with Gasteiger partial charge in [0, 0.05) is 6.54 Å². The second kappa shape index (κ2) is 5.32. The second-order valence-electron chi connectivity index (χ2n) is 4.86. The van der Waals surface area contributed by atoms with Crippen LogP contribution in [0.2, 0.25) is 0 Å². The predicted octanol–water partition coefficient (Wildman–Crippen LogP) is 1.37. The maximum absolute atomic E-state index is 12.2. The molecule has 0 bridgehead atoms. The third kappa shape index (κ3) is 2.64. The van der Waals surface area contributed by atoms with Gasteiger partial charge in [-0.3, -0.25) is 14.5 Å². The van der Waals surface area contributed by atoms with E-state index in [9.17, 15) is 14.4 Å². The number of aliphatic carboxylic acids is 1. The van der Waals surface area contributed by atoms with Gasteiger partial charge in [0.1, 0.15) is 6.04 Å². The molecule has 20 heavy (non-hydrogen) atoms. The first kappa shape index (κ1) is 14.0. The maximum atomic E-state index is 12.2. The highest BCUT2D eigenvalue weighted by atomic mass is 16.4. The van der Waals surface area contributed by atoms with Crippen molar-refractivity contribution in [2.75, 3.05) is 6.54 Å². The molecule has 0 aromatic heterocycles. The Balaban J connectivity index is 2.18. The first-order chi connectivity index (χ1) is 9.40. The quantitative estimate of drug-likeness (QED) is 0.813. The van der Waals surface area contributed by atoms with Crippen LogP contribution < -0.4 is 5.32 Å². The number of rotatable bonds is 4. The topological polar surface area (TPSA) is 86.7 Å². The summed E-state index contributed by atoms with van der Waals surface area (Å²) in [6, 6.07) is 4.28. The van der Waals surface area contributed by atoms with Crippen molar-refractivity contribution in [3.63, 3.8) is 0 Å². The lowest BCUT2D eigenvalue weighted by molar-refractivity contribution is -0.137. The number of urea groups is 1. The van der Waals surface area contributed by atoms with E-state index >= 15 is 0 Å². The minimum atomic E-state index is -1.04. The smallest absolute Gasteiger partial charge is 0.325 e. The Bertz CT molecular complexity index is 583. The van der Waals surface area contributed by atoms with E-state index < -0.39 is 23.9 Å². The summed E-state index contributed by atoms with van der Waals surface area (Å²) in [4.78, 5) is 35.4. The van der Waals surface area contributed by atoms with Gasteiger partial charge < -0.3 is 10.4 Å². The van der Waals surface area contributed by atoms with Crippen molar-refractivity contribution >= 4 is 17.9 Å². The van der Waals surface area contributed by atoms with Crippen LogP contribution in [0.1, 0.15) is 29.2 Å². The van der Waals surface area contributed by atoms with Crippen molar-refractivity contribution < 1.29 is 19.5 Å². The van der Waals surface area contributed by atoms with Crippen LogP contribution in [-0.2, 0) is 9.59 Å². The van der Waals surface area contributed by atoms with Crippen LogP contribution in [0.5, 0.6) is 0 Å². The monoisotopic (exact) mass is 276 g/mol. The molecule has 1 unspecified atom stereocenters. The molecule has 1 aliphatic heterocycles. The van der Waals surface area contributed by atoms with Crippen LogP contribution in [-0.4, -0.2) is 34.5 Å². The number of imide groups is 1. The summed E-state index contributed by atoms with van der Waals surface area (Å²) in [5.74, 6) is -1.44. The van der Waals surface area contributed by atoms with E-state index in [1.807, 2.05) is 26.0 Å². The van der Waals surface area contributed by atoms with Gasteiger partial charge in [-0.2, -0.15) is 0 Å². The molecule has 6 nitrogen and oxygen atoms in total. The number of aryl methyl sites for hydroxylation is 2. The highest BCUT2D eigenvalue weighted by molar-refractivity contribution is 6.04. The number of benzene rings is 1. The fraction of sp³-hybridized carbons (Fsp3) is 0.357. The summed E-state index contributed by atoms with van der Waals surface area (Å²) >= 11 is 0. The van der Waals surface area contributed by atoms with Gasteiger partial charge in [0.05, 0.1) is 6.42 Å². The zero-order valence-corrected chi connectivity index (χ0v) is 11.3. The van der Waals surface area contributed by atoms with Gasteiger partial charge in [0.25, 0.3) is 5.91 Å². The molecule has 0 saturated carbocycles. The minimum Gasteiger partial charge on any atom is -0.481 e. The Morgan fingerprint density at radius 1 is 1.30 bits per heavy atom. The lowest BCUT2D eigenvalue weighted by atomic mass is 10.0. The second-order valence-corrected chi connectivity index (χ2v) is 4.86. The Morgan fingerprint density at radius 2 is 2.00 bits per heavy atom. The molecule has 6 heteroatoms. The number of carbonyl (C=O) groups excluding carboxylic acids is 2. The van der Waals surface area contributed by atoms with Gasteiger partial charge in [0.15, 0.2) is 0 Å². The molecule has 1 fully saturated rings.